The van der Waals surface area contributed by atoms with Crippen LogP contribution < -0.4 is 5.32 Å². The smallest absolute Gasteiger partial charge is 0.0952 e. The summed E-state index contributed by atoms with van der Waals surface area (Å²) in [7, 11) is 0. The van der Waals surface area contributed by atoms with E-state index in [-0.39, 0.29) is 12.6 Å². The van der Waals surface area contributed by atoms with Gasteiger partial charge in [0.05, 0.1) is 24.7 Å². The lowest BCUT2D eigenvalue weighted by molar-refractivity contribution is 0.243. The van der Waals surface area contributed by atoms with Crippen LogP contribution in [0.15, 0.2) is 41.3 Å². The maximum absolute atomic E-state index is 9.54. The van der Waals surface area contributed by atoms with Crippen LogP contribution in [0.2, 0.25) is 0 Å². The Balaban J connectivity index is 2.00. The van der Waals surface area contributed by atoms with Gasteiger partial charge in [0.15, 0.2) is 0 Å². The maximum Gasteiger partial charge on any atom is 0.0952 e. The van der Waals surface area contributed by atoms with E-state index in [1.807, 2.05) is 36.8 Å². The van der Waals surface area contributed by atoms with Crippen LogP contribution in [0.1, 0.15) is 37.2 Å². The minimum Gasteiger partial charge on any atom is -0.394 e. The quantitative estimate of drug-likeness (QED) is 0.851. The van der Waals surface area contributed by atoms with E-state index < -0.39 is 0 Å². The molecule has 108 valence electrons. The van der Waals surface area contributed by atoms with Gasteiger partial charge in [-0.1, -0.05) is 28.1 Å². The number of imidazole rings is 1. The predicted octanol–water partition coefficient (Wildman–Crippen LogP) is 3.05. The zero-order valence-corrected chi connectivity index (χ0v) is 13.3. The lowest BCUT2D eigenvalue weighted by Crippen LogP contribution is -2.24. The maximum atomic E-state index is 9.54. The third kappa shape index (κ3) is 3.91. The van der Waals surface area contributed by atoms with Crippen LogP contribution in [0.5, 0.6) is 0 Å². The molecule has 0 saturated heterocycles. The SMILES string of the molecule is CC(C)n1cnc(CNC(CO)c2cccc(Br)c2)c1. The molecule has 1 unspecified atom stereocenters. The topological polar surface area (TPSA) is 50.1 Å². The number of nitrogens with zero attached hydrogens (tertiary/aromatic N) is 2. The monoisotopic (exact) mass is 337 g/mol. The molecule has 20 heavy (non-hydrogen) atoms. The van der Waals surface area contributed by atoms with Gasteiger partial charge in [0.25, 0.3) is 0 Å². The normalized spacial score (nSPS) is 12.8. The molecule has 4 nitrogen and oxygen atoms in total. The highest BCUT2D eigenvalue weighted by atomic mass is 79.9. The van der Waals surface area contributed by atoms with Crippen molar-refractivity contribution >= 4 is 15.9 Å². The van der Waals surface area contributed by atoms with Crippen molar-refractivity contribution in [3.63, 3.8) is 0 Å². The van der Waals surface area contributed by atoms with Gasteiger partial charge in [0.2, 0.25) is 0 Å². The molecule has 0 radical (unpaired) electrons. The molecular formula is C15H20BrN3O. The van der Waals surface area contributed by atoms with Crippen LogP contribution in [-0.2, 0) is 6.54 Å². The molecular weight excluding hydrogens is 318 g/mol. The summed E-state index contributed by atoms with van der Waals surface area (Å²) in [5.74, 6) is 0. The number of hydrogen-bond acceptors (Lipinski definition) is 3. The molecule has 0 spiro atoms. The van der Waals surface area contributed by atoms with Crippen molar-refractivity contribution in [3.8, 4) is 0 Å². The predicted molar refractivity (Wildman–Crippen MR) is 83.4 cm³/mol. The fourth-order valence-corrected chi connectivity index (χ4v) is 2.41. The second-order valence-electron chi connectivity index (χ2n) is 5.08. The van der Waals surface area contributed by atoms with Gasteiger partial charge in [-0.2, -0.15) is 0 Å². The first-order valence-electron chi connectivity index (χ1n) is 6.72. The Morgan fingerprint density at radius 3 is 2.80 bits per heavy atom. The van der Waals surface area contributed by atoms with Gasteiger partial charge in [-0.15, -0.1) is 0 Å². The van der Waals surface area contributed by atoms with Gasteiger partial charge in [0, 0.05) is 23.3 Å². The molecule has 0 saturated carbocycles. The first-order chi connectivity index (χ1) is 9.60. The third-order valence-corrected chi connectivity index (χ3v) is 3.71. The van der Waals surface area contributed by atoms with Crippen LogP contribution in [0, 0.1) is 0 Å². The molecule has 2 rings (SSSR count). The first kappa shape index (κ1) is 15.2. The zero-order chi connectivity index (χ0) is 14.5. The van der Waals surface area contributed by atoms with Crippen LogP contribution in [-0.4, -0.2) is 21.3 Å². The van der Waals surface area contributed by atoms with Gasteiger partial charge in [0.1, 0.15) is 0 Å². The van der Waals surface area contributed by atoms with Crippen molar-refractivity contribution < 1.29 is 5.11 Å². The zero-order valence-electron chi connectivity index (χ0n) is 11.8. The fraction of sp³-hybridized carbons (Fsp3) is 0.400. The van der Waals surface area contributed by atoms with Crippen molar-refractivity contribution in [2.24, 2.45) is 0 Å². The molecule has 5 heteroatoms. The van der Waals surface area contributed by atoms with Crippen molar-refractivity contribution in [2.45, 2.75) is 32.5 Å². The molecule has 0 fully saturated rings. The summed E-state index contributed by atoms with van der Waals surface area (Å²) in [6.07, 6.45) is 3.88. The highest BCUT2D eigenvalue weighted by Crippen LogP contribution is 2.18. The van der Waals surface area contributed by atoms with E-state index in [1.54, 1.807) is 0 Å². The van der Waals surface area contributed by atoms with Gasteiger partial charge >= 0.3 is 0 Å². The number of halogens is 1. The summed E-state index contributed by atoms with van der Waals surface area (Å²) < 4.78 is 3.09. The summed E-state index contributed by atoms with van der Waals surface area (Å²) >= 11 is 3.45. The van der Waals surface area contributed by atoms with E-state index in [2.05, 4.69) is 44.6 Å². The molecule has 0 aliphatic heterocycles. The van der Waals surface area contributed by atoms with Crippen LogP contribution >= 0.6 is 15.9 Å². The fourth-order valence-electron chi connectivity index (χ4n) is 1.99. The number of aliphatic hydroxyl groups excluding tert-OH is 1. The number of rotatable bonds is 6. The average Bonchev–Trinajstić information content (AvgIpc) is 2.88. The molecule has 1 atom stereocenters. The van der Waals surface area contributed by atoms with Gasteiger partial charge in [-0.05, 0) is 31.5 Å². The minimum atomic E-state index is -0.0864. The second-order valence-corrected chi connectivity index (χ2v) is 5.99. The number of nitrogens with one attached hydrogen (secondary N) is 1. The Morgan fingerprint density at radius 1 is 1.40 bits per heavy atom. The standard InChI is InChI=1S/C15H20BrN3O/c1-11(2)19-8-14(18-10-19)7-17-15(9-20)12-4-3-5-13(16)6-12/h3-6,8,10-11,15,17,20H,7,9H2,1-2H3. The first-order valence-corrected chi connectivity index (χ1v) is 7.51. The molecule has 0 aliphatic carbocycles. The molecule has 2 N–H and O–H groups in total. The number of aromatic nitrogens is 2. The van der Waals surface area contributed by atoms with Crippen molar-refractivity contribution in [1.29, 1.82) is 0 Å². The Bertz CT molecular complexity index is 554. The lowest BCUT2D eigenvalue weighted by Gasteiger charge is -2.16. The molecule has 1 aromatic carbocycles. The summed E-state index contributed by atoms with van der Waals surface area (Å²) in [5, 5.41) is 12.9. The van der Waals surface area contributed by atoms with Gasteiger partial charge in [-0.25, -0.2) is 4.98 Å². The van der Waals surface area contributed by atoms with E-state index in [4.69, 9.17) is 0 Å². The summed E-state index contributed by atoms with van der Waals surface area (Å²) in [6, 6.07) is 8.29. The van der Waals surface area contributed by atoms with Crippen molar-refractivity contribution in [3.05, 3.63) is 52.5 Å². The molecule has 1 heterocycles. The summed E-state index contributed by atoms with van der Waals surface area (Å²) in [4.78, 5) is 4.36. The van der Waals surface area contributed by atoms with E-state index in [0.717, 1.165) is 15.7 Å². The number of hydrogen-bond donors (Lipinski definition) is 2. The molecule has 0 amide bonds. The highest BCUT2D eigenvalue weighted by Gasteiger charge is 2.11. The molecule has 0 bridgehead atoms. The third-order valence-electron chi connectivity index (χ3n) is 3.21. The Hall–Kier alpha value is -1.17. The Morgan fingerprint density at radius 2 is 2.20 bits per heavy atom. The number of benzene rings is 1. The average molecular weight is 338 g/mol. The van der Waals surface area contributed by atoms with E-state index in [0.29, 0.717) is 12.6 Å². The summed E-state index contributed by atoms with van der Waals surface area (Å²) in [5.41, 5.74) is 2.04. The van der Waals surface area contributed by atoms with Crippen LogP contribution in [0.25, 0.3) is 0 Å². The molecule has 0 aliphatic rings. The minimum absolute atomic E-state index is 0.0569. The highest BCUT2D eigenvalue weighted by molar-refractivity contribution is 9.10. The second kappa shape index (κ2) is 7.02. The number of aliphatic hydroxyl groups is 1. The largest absolute Gasteiger partial charge is 0.394 e. The van der Waals surface area contributed by atoms with E-state index in [9.17, 15) is 5.11 Å². The van der Waals surface area contributed by atoms with Gasteiger partial charge < -0.3 is 15.0 Å². The van der Waals surface area contributed by atoms with Crippen LogP contribution in [0.4, 0.5) is 0 Å². The van der Waals surface area contributed by atoms with Crippen molar-refractivity contribution in [1.82, 2.24) is 14.9 Å². The van der Waals surface area contributed by atoms with E-state index in [1.165, 1.54) is 0 Å². The van der Waals surface area contributed by atoms with Gasteiger partial charge in [-0.3, -0.25) is 0 Å². The Kier molecular flexibility index (Phi) is 5.34. The molecule has 2 aromatic rings. The van der Waals surface area contributed by atoms with E-state index >= 15 is 0 Å². The Labute approximate surface area is 128 Å². The van der Waals surface area contributed by atoms with Crippen molar-refractivity contribution in [2.75, 3.05) is 6.61 Å². The molecule has 1 aromatic heterocycles. The van der Waals surface area contributed by atoms with Crippen LogP contribution in [0.3, 0.4) is 0 Å². The summed E-state index contributed by atoms with van der Waals surface area (Å²) in [6.45, 7) is 4.94. The lowest BCUT2D eigenvalue weighted by atomic mass is 10.1.